The topological polar surface area (TPSA) is 3.24 Å². The Kier molecular flexibility index (Phi) is 3.91. The van der Waals surface area contributed by atoms with Gasteiger partial charge >= 0.3 is 0 Å². The van der Waals surface area contributed by atoms with Crippen LogP contribution in [0.3, 0.4) is 0 Å². The molecule has 0 heterocycles. The Hall–Kier alpha value is -1.08. The summed E-state index contributed by atoms with van der Waals surface area (Å²) in [5, 5.41) is 0. The number of hydrogen-bond acceptors (Lipinski definition) is 1. The third kappa shape index (κ3) is 2.37. The summed E-state index contributed by atoms with van der Waals surface area (Å²) in [5.74, 6) is 0.711. The van der Waals surface area contributed by atoms with Crippen LogP contribution in [0.2, 0.25) is 0 Å². The summed E-state index contributed by atoms with van der Waals surface area (Å²) in [4.78, 5) is 2.42. The van der Waals surface area contributed by atoms with E-state index in [9.17, 15) is 0 Å². The van der Waals surface area contributed by atoms with Crippen LogP contribution >= 0.6 is 0 Å². The summed E-state index contributed by atoms with van der Waals surface area (Å²) in [5.41, 5.74) is 3.07. The Labute approximate surface area is 112 Å². The largest absolute Gasteiger partial charge is 0.300 e. The number of aryl methyl sites for hydroxylation is 1. The quantitative estimate of drug-likeness (QED) is 0.722. The fourth-order valence-electron chi connectivity index (χ4n) is 3.28. The van der Waals surface area contributed by atoms with E-state index < -0.39 is 0 Å². The summed E-state index contributed by atoms with van der Waals surface area (Å²) < 4.78 is 0. The van der Waals surface area contributed by atoms with Crippen molar-refractivity contribution in [1.29, 1.82) is 0 Å². The van der Waals surface area contributed by atoms with Crippen LogP contribution in [0.1, 0.15) is 36.8 Å². The van der Waals surface area contributed by atoms with Crippen LogP contribution in [0.25, 0.3) is 0 Å². The van der Waals surface area contributed by atoms with Gasteiger partial charge in [0, 0.05) is 5.54 Å². The predicted molar refractivity (Wildman–Crippen MR) is 78.7 cm³/mol. The molecule has 0 aromatic heterocycles. The minimum atomic E-state index is 0.228. The summed E-state index contributed by atoms with van der Waals surface area (Å²) in [7, 11) is 4.44. The maximum Gasteiger partial charge on any atom is 0.0455 e. The van der Waals surface area contributed by atoms with Crippen molar-refractivity contribution in [2.24, 2.45) is 5.92 Å². The van der Waals surface area contributed by atoms with Crippen LogP contribution in [-0.4, -0.2) is 19.0 Å². The van der Waals surface area contributed by atoms with E-state index in [2.05, 4.69) is 62.8 Å². The van der Waals surface area contributed by atoms with Crippen molar-refractivity contribution in [3.05, 3.63) is 48.0 Å². The van der Waals surface area contributed by atoms with Gasteiger partial charge in [0.25, 0.3) is 0 Å². The van der Waals surface area contributed by atoms with Crippen LogP contribution in [0.5, 0.6) is 0 Å². The van der Waals surface area contributed by atoms with E-state index in [1.165, 1.54) is 36.8 Å². The van der Waals surface area contributed by atoms with Crippen molar-refractivity contribution in [3.8, 4) is 0 Å². The molecule has 98 valence electrons. The molecular weight excluding hydrogens is 218 g/mol. The Morgan fingerprint density at radius 3 is 2.44 bits per heavy atom. The van der Waals surface area contributed by atoms with E-state index in [0.717, 1.165) is 0 Å². The van der Waals surface area contributed by atoms with Gasteiger partial charge in [-0.3, -0.25) is 4.90 Å². The molecule has 0 N–H and O–H groups in total. The predicted octanol–water partition coefficient (Wildman–Crippen LogP) is 4.13. The van der Waals surface area contributed by atoms with Crippen molar-refractivity contribution in [1.82, 2.24) is 4.90 Å². The molecule has 0 unspecified atom stereocenters. The van der Waals surface area contributed by atoms with Gasteiger partial charge < -0.3 is 0 Å². The first kappa shape index (κ1) is 13.4. The molecule has 1 fully saturated rings. The highest BCUT2D eigenvalue weighted by molar-refractivity contribution is 5.29. The zero-order valence-corrected chi connectivity index (χ0v) is 11.9. The zero-order valence-electron chi connectivity index (χ0n) is 11.9. The molecule has 0 spiro atoms. The first-order valence-corrected chi connectivity index (χ1v) is 6.95. The Morgan fingerprint density at radius 1 is 1.28 bits per heavy atom. The SMILES string of the molecule is C=CC1CCC(c2cccc(C)c2)(N(C)C)CC1. The number of benzene rings is 1. The molecule has 18 heavy (non-hydrogen) atoms. The molecule has 1 aromatic carbocycles. The van der Waals surface area contributed by atoms with Gasteiger partial charge in [0.15, 0.2) is 0 Å². The van der Waals surface area contributed by atoms with Gasteiger partial charge in [0.1, 0.15) is 0 Å². The number of rotatable bonds is 3. The van der Waals surface area contributed by atoms with E-state index >= 15 is 0 Å². The van der Waals surface area contributed by atoms with Crippen molar-refractivity contribution < 1.29 is 0 Å². The lowest BCUT2D eigenvalue weighted by Crippen LogP contribution is -2.44. The molecule has 1 nitrogen and oxygen atoms in total. The zero-order chi connectivity index (χ0) is 13.2. The molecule has 1 heteroatoms. The average molecular weight is 243 g/mol. The van der Waals surface area contributed by atoms with Gasteiger partial charge in [-0.2, -0.15) is 0 Å². The van der Waals surface area contributed by atoms with Crippen LogP contribution < -0.4 is 0 Å². The highest BCUT2D eigenvalue weighted by Crippen LogP contribution is 2.43. The molecule has 0 atom stereocenters. The van der Waals surface area contributed by atoms with Crippen LogP contribution in [0, 0.1) is 12.8 Å². The fourth-order valence-corrected chi connectivity index (χ4v) is 3.28. The van der Waals surface area contributed by atoms with Crippen LogP contribution in [0.15, 0.2) is 36.9 Å². The van der Waals surface area contributed by atoms with Gasteiger partial charge in [-0.25, -0.2) is 0 Å². The molecular formula is C17H25N. The number of allylic oxidation sites excluding steroid dienone is 1. The molecule has 0 saturated heterocycles. The monoisotopic (exact) mass is 243 g/mol. The summed E-state index contributed by atoms with van der Waals surface area (Å²) in [6.07, 6.45) is 7.13. The third-order valence-electron chi connectivity index (χ3n) is 4.60. The lowest BCUT2D eigenvalue weighted by Gasteiger charge is -2.45. The number of nitrogens with zero attached hydrogens (tertiary/aromatic N) is 1. The lowest BCUT2D eigenvalue weighted by molar-refractivity contribution is 0.0862. The second kappa shape index (κ2) is 5.27. The molecule has 0 radical (unpaired) electrons. The van der Waals surface area contributed by atoms with Crippen LogP contribution in [-0.2, 0) is 5.54 Å². The summed E-state index contributed by atoms with van der Waals surface area (Å²) in [6.45, 7) is 6.13. The third-order valence-corrected chi connectivity index (χ3v) is 4.60. The molecule has 0 bridgehead atoms. The van der Waals surface area contributed by atoms with E-state index in [-0.39, 0.29) is 5.54 Å². The highest BCUT2D eigenvalue weighted by Gasteiger charge is 2.37. The smallest absolute Gasteiger partial charge is 0.0455 e. The molecule has 1 aliphatic carbocycles. The minimum Gasteiger partial charge on any atom is -0.300 e. The standard InChI is InChI=1S/C17H25N/c1-5-15-9-11-17(12-10-15,18(3)4)16-8-6-7-14(2)13-16/h5-8,13,15H,1,9-12H2,2-4H3. The van der Waals surface area contributed by atoms with E-state index in [1.807, 2.05) is 0 Å². The maximum absolute atomic E-state index is 3.95. The lowest BCUT2D eigenvalue weighted by atomic mass is 9.72. The van der Waals surface area contributed by atoms with E-state index in [0.29, 0.717) is 5.92 Å². The molecule has 1 saturated carbocycles. The van der Waals surface area contributed by atoms with Gasteiger partial charge in [0.2, 0.25) is 0 Å². The molecule has 0 amide bonds. The molecule has 1 aromatic rings. The molecule has 2 rings (SSSR count). The second-order valence-electron chi connectivity index (χ2n) is 5.87. The summed E-state index contributed by atoms with van der Waals surface area (Å²) >= 11 is 0. The Morgan fingerprint density at radius 2 is 1.94 bits per heavy atom. The second-order valence-corrected chi connectivity index (χ2v) is 5.87. The number of hydrogen-bond donors (Lipinski definition) is 0. The summed E-state index contributed by atoms with van der Waals surface area (Å²) in [6, 6.07) is 9.02. The van der Waals surface area contributed by atoms with Crippen molar-refractivity contribution >= 4 is 0 Å². The Balaban J connectivity index is 2.31. The van der Waals surface area contributed by atoms with Gasteiger partial charge in [-0.15, -0.1) is 6.58 Å². The average Bonchev–Trinajstić information content (AvgIpc) is 2.38. The van der Waals surface area contributed by atoms with Gasteiger partial charge in [-0.1, -0.05) is 35.9 Å². The maximum atomic E-state index is 3.95. The Bertz CT molecular complexity index is 411. The van der Waals surface area contributed by atoms with E-state index in [1.54, 1.807) is 0 Å². The first-order valence-electron chi connectivity index (χ1n) is 6.95. The van der Waals surface area contributed by atoms with Crippen molar-refractivity contribution in [2.45, 2.75) is 38.1 Å². The van der Waals surface area contributed by atoms with E-state index in [4.69, 9.17) is 0 Å². The van der Waals surface area contributed by atoms with Gasteiger partial charge in [0.05, 0.1) is 0 Å². The molecule has 1 aliphatic rings. The van der Waals surface area contributed by atoms with Crippen molar-refractivity contribution in [2.75, 3.05) is 14.1 Å². The first-order chi connectivity index (χ1) is 8.58. The minimum absolute atomic E-state index is 0.228. The molecule has 0 aliphatic heterocycles. The normalized spacial score (nSPS) is 28.3. The van der Waals surface area contributed by atoms with Crippen molar-refractivity contribution in [3.63, 3.8) is 0 Å². The van der Waals surface area contributed by atoms with Crippen LogP contribution in [0.4, 0.5) is 0 Å². The highest BCUT2D eigenvalue weighted by atomic mass is 15.1. The van der Waals surface area contributed by atoms with Gasteiger partial charge in [-0.05, 0) is 58.2 Å². The fraction of sp³-hybridized carbons (Fsp3) is 0.529.